The maximum Gasteiger partial charge on any atom is 0.327 e. The van der Waals surface area contributed by atoms with Crippen LogP contribution in [0.15, 0.2) is 30.5 Å². The summed E-state index contributed by atoms with van der Waals surface area (Å²) in [6, 6.07) is 7.73. The zero-order chi connectivity index (χ0) is 13.0. The molecular weight excluding hydrogens is 232 g/mol. The number of benzene rings is 1. The number of aromatic nitrogens is 3. The van der Waals surface area contributed by atoms with Crippen LogP contribution in [0.25, 0.3) is 11.3 Å². The van der Waals surface area contributed by atoms with Gasteiger partial charge in [0.2, 0.25) is 0 Å². The molecule has 94 valence electrons. The monoisotopic (exact) mass is 246 g/mol. The van der Waals surface area contributed by atoms with Gasteiger partial charge in [0.15, 0.2) is 0 Å². The van der Waals surface area contributed by atoms with Gasteiger partial charge in [-0.1, -0.05) is 29.5 Å². The molecule has 0 aliphatic heterocycles. The highest BCUT2D eigenvalue weighted by Gasteiger charge is 2.07. The summed E-state index contributed by atoms with van der Waals surface area (Å²) in [7, 11) is 1.34. The van der Waals surface area contributed by atoms with Crippen LogP contribution < -0.4 is 5.73 Å². The van der Waals surface area contributed by atoms with Crippen LogP contribution >= 0.6 is 0 Å². The van der Waals surface area contributed by atoms with Gasteiger partial charge >= 0.3 is 5.97 Å². The van der Waals surface area contributed by atoms with Gasteiger partial charge in [-0.05, 0) is 5.56 Å². The molecule has 0 fully saturated rings. The molecule has 0 amide bonds. The van der Waals surface area contributed by atoms with Crippen molar-refractivity contribution in [2.24, 2.45) is 5.73 Å². The maximum absolute atomic E-state index is 11.1. The fourth-order valence-corrected chi connectivity index (χ4v) is 1.52. The number of rotatable bonds is 4. The normalized spacial score (nSPS) is 10.3. The molecule has 0 saturated carbocycles. The Morgan fingerprint density at radius 3 is 2.72 bits per heavy atom. The van der Waals surface area contributed by atoms with Crippen molar-refractivity contribution in [3.63, 3.8) is 0 Å². The van der Waals surface area contributed by atoms with Gasteiger partial charge in [0.25, 0.3) is 0 Å². The molecule has 2 aromatic rings. The number of methoxy groups -OCH3 is 1. The summed E-state index contributed by atoms with van der Waals surface area (Å²) in [5.74, 6) is -0.357. The Morgan fingerprint density at radius 2 is 2.11 bits per heavy atom. The van der Waals surface area contributed by atoms with Crippen LogP contribution in [0.3, 0.4) is 0 Å². The molecule has 0 aliphatic carbocycles. The Hall–Kier alpha value is -2.21. The molecule has 6 heteroatoms. The van der Waals surface area contributed by atoms with Gasteiger partial charge < -0.3 is 10.5 Å². The second-order valence-corrected chi connectivity index (χ2v) is 3.78. The summed E-state index contributed by atoms with van der Waals surface area (Å²) in [5, 5.41) is 7.87. The Morgan fingerprint density at radius 1 is 1.39 bits per heavy atom. The van der Waals surface area contributed by atoms with E-state index in [1.807, 2.05) is 24.3 Å². The van der Waals surface area contributed by atoms with Gasteiger partial charge in [0.1, 0.15) is 12.2 Å². The van der Waals surface area contributed by atoms with Crippen LogP contribution in [0.2, 0.25) is 0 Å². The zero-order valence-electron chi connectivity index (χ0n) is 10.0. The number of carbonyl (C=O) groups is 1. The molecular formula is C12H14N4O2. The lowest BCUT2D eigenvalue weighted by Gasteiger charge is -1.99. The lowest BCUT2D eigenvalue weighted by Crippen LogP contribution is -2.11. The first kappa shape index (κ1) is 12.3. The number of carbonyl (C=O) groups excluding carboxylic acids is 1. The second-order valence-electron chi connectivity index (χ2n) is 3.78. The number of nitrogens with zero attached hydrogens (tertiary/aromatic N) is 3. The molecule has 0 unspecified atom stereocenters. The first-order chi connectivity index (χ1) is 8.72. The van der Waals surface area contributed by atoms with E-state index in [0.717, 1.165) is 11.1 Å². The Bertz CT molecular complexity index is 533. The first-order valence-corrected chi connectivity index (χ1v) is 5.49. The molecule has 0 atom stereocenters. The van der Waals surface area contributed by atoms with Gasteiger partial charge in [0, 0.05) is 12.1 Å². The number of esters is 1. The van der Waals surface area contributed by atoms with E-state index in [2.05, 4.69) is 15.0 Å². The summed E-state index contributed by atoms with van der Waals surface area (Å²) in [6.07, 6.45) is 1.70. The number of ether oxygens (including phenoxy) is 1. The van der Waals surface area contributed by atoms with Crippen LogP contribution in [0.5, 0.6) is 0 Å². The third-order valence-electron chi connectivity index (χ3n) is 2.54. The Labute approximate surface area is 104 Å². The van der Waals surface area contributed by atoms with Crippen molar-refractivity contribution in [3.8, 4) is 11.3 Å². The Kier molecular flexibility index (Phi) is 3.69. The molecule has 0 bridgehead atoms. The van der Waals surface area contributed by atoms with Gasteiger partial charge in [-0.25, -0.2) is 4.68 Å². The fraction of sp³-hybridized carbons (Fsp3) is 0.250. The largest absolute Gasteiger partial charge is 0.468 e. The molecule has 18 heavy (non-hydrogen) atoms. The molecule has 1 aromatic heterocycles. The molecule has 1 aromatic carbocycles. The summed E-state index contributed by atoms with van der Waals surface area (Å²) in [5.41, 5.74) is 8.23. The van der Waals surface area contributed by atoms with E-state index in [1.54, 1.807) is 6.20 Å². The third kappa shape index (κ3) is 2.72. The average molecular weight is 246 g/mol. The minimum absolute atomic E-state index is 0.0599. The van der Waals surface area contributed by atoms with Crippen molar-refractivity contribution in [1.82, 2.24) is 15.0 Å². The fourth-order valence-electron chi connectivity index (χ4n) is 1.52. The molecule has 2 rings (SSSR count). The predicted molar refractivity (Wildman–Crippen MR) is 65.4 cm³/mol. The lowest BCUT2D eigenvalue weighted by atomic mass is 10.1. The van der Waals surface area contributed by atoms with Gasteiger partial charge in [-0.3, -0.25) is 4.79 Å². The van der Waals surface area contributed by atoms with E-state index in [-0.39, 0.29) is 12.5 Å². The van der Waals surface area contributed by atoms with Crippen molar-refractivity contribution in [3.05, 3.63) is 36.0 Å². The predicted octanol–water partition coefficient (Wildman–Crippen LogP) is 0.577. The van der Waals surface area contributed by atoms with Crippen LogP contribution in [0.4, 0.5) is 0 Å². The van der Waals surface area contributed by atoms with Gasteiger partial charge in [0.05, 0.1) is 13.3 Å². The van der Waals surface area contributed by atoms with E-state index < -0.39 is 0 Å². The highest BCUT2D eigenvalue weighted by Crippen LogP contribution is 2.16. The smallest absolute Gasteiger partial charge is 0.327 e. The number of hydrogen-bond acceptors (Lipinski definition) is 5. The van der Waals surface area contributed by atoms with Crippen molar-refractivity contribution in [2.45, 2.75) is 13.1 Å². The molecule has 2 N–H and O–H groups in total. The highest BCUT2D eigenvalue weighted by molar-refractivity contribution is 5.69. The third-order valence-corrected chi connectivity index (χ3v) is 2.54. The quantitative estimate of drug-likeness (QED) is 0.798. The van der Waals surface area contributed by atoms with Crippen molar-refractivity contribution >= 4 is 5.97 Å². The van der Waals surface area contributed by atoms with Crippen molar-refractivity contribution in [2.75, 3.05) is 7.11 Å². The average Bonchev–Trinajstić information content (AvgIpc) is 2.87. The van der Waals surface area contributed by atoms with Crippen molar-refractivity contribution < 1.29 is 9.53 Å². The van der Waals surface area contributed by atoms with Crippen LogP contribution in [0, 0.1) is 0 Å². The number of hydrogen-bond donors (Lipinski definition) is 1. The molecule has 1 heterocycles. The maximum atomic E-state index is 11.1. The van der Waals surface area contributed by atoms with Crippen molar-refractivity contribution in [1.29, 1.82) is 0 Å². The van der Waals surface area contributed by atoms with Gasteiger partial charge in [-0.2, -0.15) is 0 Å². The van der Waals surface area contributed by atoms with Crippen LogP contribution in [-0.2, 0) is 22.6 Å². The summed E-state index contributed by atoms with van der Waals surface area (Å²) in [4.78, 5) is 11.1. The van der Waals surface area contributed by atoms with Crippen LogP contribution in [0.1, 0.15) is 5.56 Å². The molecule has 0 aliphatic rings. The van der Waals surface area contributed by atoms with E-state index >= 15 is 0 Å². The van der Waals surface area contributed by atoms with E-state index in [0.29, 0.717) is 12.2 Å². The summed E-state index contributed by atoms with van der Waals surface area (Å²) in [6.45, 7) is 0.569. The second kappa shape index (κ2) is 5.42. The summed E-state index contributed by atoms with van der Waals surface area (Å²) < 4.78 is 6.00. The first-order valence-electron chi connectivity index (χ1n) is 5.49. The van der Waals surface area contributed by atoms with E-state index in [4.69, 9.17) is 5.73 Å². The topological polar surface area (TPSA) is 83.0 Å². The highest BCUT2D eigenvalue weighted by atomic mass is 16.5. The molecule has 0 spiro atoms. The molecule has 6 nitrogen and oxygen atoms in total. The van der Waals surface area contributed by atoms with E-state index in [1.165, 1.54) is 11.8 Å². The number of nitrogens with two attached hydrogens (primary N) is 1. The van der Waals surface area contributed by atoms with Crippen LogP contribution in [-0.4, -0.2) is 28.1 Å². The zero-order valence-corrected chi connectivity index (χ0v) is 10.0. The lowest BCUT2D eigenvalue weighted by molar-refractivity contribution is -0.141. The van der Waals surface area contributed by atoms with Gasteiger partial charge in [-0.15, -0.1) is 5.10 Å². The minimum Gasteiger partial charge on any atom is -0.468 e. The molecule has 0 radical (unpaired) electrons. The Balaban J connectivity index is 2.15. The standard InChI is InChI=1S/C12H14N4O2/c1-18-12(17)8-16-7-11(14-15-16)10-4-2-9(6-13)3-5-10/h2-5,7H,6,8,13H2,1H3. The minimum atomic E-state index is -0.357. The van der Waals surface area contributed by atoms with E-state index in [9.17, 15) is 4.79 Å². The molecule has 0 saturated heterocycles. The SMILES string of the molecule is COC(=O)Cn1cc(-c2ccc(CN)cc2)nn1. The summed E-state index contributed by atoms with van der Waals surface area (Å²) >= 11 is 0.